The zero-order valence-electron chi connectivity index (χ0n) is 10.7. The molecule has 9 heteroatoms. The number of aromatic carboxylic acids is 1. The lowest BCUT2D eigenvalue weighted by Gasteiger charge is -2.10. The van der Waals surface area contributed by atoms with Gasteiger partial charge < -0.3 is 14.3 Å². The van der Waals surface area contributed by atoms with Gasteiger partial charge >= 0.3 is 5.97 Å². The second-order valence-corrected chi connectivity index (χ2v) is 6.40. The number of anilines is 1. The van der Waals surface area contributed by atoms with Crippen LogP contribution in [0.15, 0.2) is 44.3 Å². The number of ether oxygens (including phenoxy) is 1. The molecule has 1 aromatic carbocycles. The Morgan fingerprint density at radius 1 is 1.33 bits per heavy atom. The number of furan rings is 1. The molecule has 0 aliphatic rings. The number of sulfonamides is 1. The van der Waals surface area contributed by atoms with E-state index in [1.165, 1.54) is 13.2 Å². The monoisotopic (exact) mass is 375 g/mol. The van der Waals surface area contributed by atoms with Crippen molar-refractivity contribution in [2.24, 2.45) is 0 Å². The Kier molecular flexibility index (Phi) is 4.24. The normalized spacial score (nSPS) is 11.1. The van der Waals surface area contributed by atoms with E-state index in [0.29, 0.717) is 10.2 Å². The first-order valence-corrected chi connectivity index (χ1v) is 7.80. The van der Waals surface area contributed by atoms with E-state index in [1.54, 1.807) is 12.1 Å². The van der Waals surface area contributed by atoms with E-state index >= 15 is 0 Å². The van der Waals surface area contributed by atoms with Crippen molar-refractivity contribution in [1.29, 1.82) is 0 Å². The maximum absolute atomic E-state index is 12.1. The number of carbonyl (C=O) groups is 1. The van der Waals surface area contributed by atoms with Gasteiger partial charge in [0.2, 0.25) is 10.9 Å². The number of carboxylic acid groups (broad SMARTS) is 1. The lowest BCUT2D eigenvalue weighted by Crippen LogP contribution is -2.13. The summed E-state index contributed by atoms with van der Waals surface area (Å²) in [6.45, 7) is 0. The van der Waals surface area contributed by atoms with Gasteiger partial charge in [0, 0.05) is 4.47 Å². The topological polar surface area (TPSA) is 106 Å². The number of carboxylic acids is 1. The Morgan fingerprint density at radius 2 is 2.05 bits per heavy atom. The number of rotatable bonds is 5. The average Bonchev–Trinajstić information content (AvgIpc) is 2.89. The van der Waals surface area contributed by atoms with Gasteiger partial charge in [0.05, 0.1) is 12.8 Å². The predicted molar refractivity (Wildman–Crippen MR) is 77.2 cm³/mol. The molecule has 0 spiro atoms. The Morgan fingerprint density at radius 3 is 2.62 bits per heavy atom. The molecule has 2 aromatic rings. The Balaban J connectivity index is 2.37. The zero-order chi connectivity index (χ0) is 15.6. The van der Waals surface area contributed by atoms with Crippen LogP contribution >= 0.6 is 15.9 Å². The maximum atomic E-state index is 12.1. The van der Waals surface area contributed by atoms with Gasteiger partial charge in [-0.05, 0) is 30.3 Å². The molecular formula is C12H10BrNO6S. The molecule has 0 saturated heterocycles. The third-order valence-electron chi connectivity index (χ3n) is 2.46. The fourth-order valence-electron chi connectivity index (χ4n) is 1.53. The lowest BCUT2D eigenvalue weighted by atomic mass is 10.3. The van der Waals surface area contributed by atoms with Crippen molar-refractivity contribution in [1.82, 2.24) is 0 Å². The van der Waals surface area contributed by atoms with Crippen LogP contribution in [0.25, 0.3) is 0 Å². The minimum absolute atomic E-state index is 0.195. The molecule has 0 saturated carbocycles. The fraction of sp³-hybridized carbons (Fsp3) is 0.0833. The number of hydrogen-bond donors (Lipinski definition) is 2. The summed E-state index contributed by atoms with van der Waals surface area (Å²) in [6.07, 6.45) is 0. The summed E-state index contributed by atoms with van der Waals surface area (Å²) < 4.78 is 37.1. The molecule has 0 amide bonds. The highest BCUT2D eigenvalue weighted by atomic mass is 79.9. The van der Waals surface area contributed by atoms with Crippen molar-refractivity contribution in [3.63, 3.8) is 0 Å². The first kappa shape index (κ1) is 15.4. The Labute approximate surface area is 128 Å². The standard InChI is InChI=1S/C12H10BrNO6S/c1-19-9-3-2-7(13)6-8(9)14-21(17,18)11-5-4-10(20-11)12(15)16/h2-6,14H,1H3,(H,15,16). The van der Waals surface area contributed by atoms with E-state index in [-0.39, 0.29) is 5.69 Å². The smallest absolute Gasteiger partial charge is 0.371 e. The largest absolute Gasteiger partial charge is 0.495 e. The lowest BCUT2D eigenvalue weighted by molar-refractivity contribution is 0.0656. The van der Waals surface area contributed by atoms with E-state index < -0.39 is 26.8 Å². The fourth-order valence-corrected chi connectivity index (χ4v) is 2.89. The predicted octanol–water partition coefficient (Wildman–Crippen LogP) is 2.55. The van der Waals surface area contributed by atoms with E-state index in [9.17, 15) is 13.2 Å². The van der Waals surface area contributed by atoms with E-state index in [0.717, 1.165) is 12.1 Å². The first-order valence-electron chi connectivity index (χ1n) is 5.53. The Hall–Kier alpha value is -2.00. The van der Waals surface area contributed by atoms with Gasteiger partial charge in [-0.1, -0.05) is 15.9 Å². The van der Waals surface area contributed by atoms with Gasteiger partial charge in [-0.15, -0.1) is 0 Å². The number of halogens is 1. The second kappa shape index (κ2) is 5.78. The summed E-state index contributed by atoms with van der Waals surface area (Å²) in [6, 6.07) is 6.90. The molecule has 0 aliphatic heterocycles. The van der Waals surface area contributed by atoms with E-state index in [1.807, 2.05) is 0 Å². The maximum Gasteiger partial charge on any atom is 0.371 e. The van der Waals surface area contributed by atoms with E-state index in [2.05, 4.69) is 20.7 Å². The molecule has 2 N–H and O–H groups in total. The van der Waals surface area contributed by atoms with Gasteiger partial charge in [-0.25, -0.2) is 4.79 Å². The summed E-state index contributed by atoms with van der Waals surface area (Å²) >= 11 is 3.22. The molecule has 0 unspecified atom stereocenters. The van der Waals surface area contributed by atoms with Crippen LogP contribution in [-0.4, -0.2) is 26.6 Å². The van der Waals surface area contributed by atoms with Gasteiger partial charge in [-0.2, -0.15) is 8.42 Å². The zero-order valence-corrected chi connectivity index (χ0v) is 13.1. The van der Waals surface area contributed by atoms with Crippen LogP contribution in [0.1, 0.15) is 10.6 Å². The number of methoxy groups -OCH3 is 1. The molecule has 0 fully saturated rings. The van der Waals surface area contributed by atoms with Crippen LogP contribution in [-0.2, 0) is 10.0 Å². The third-order valence-corrected chi connectivity index (χ3v) is 4.19. The number of hydrogen-bond acceptors (Lipinski definition) is 5. The summed E-state index contributed by atoms with van der Waals surface area (Å²) in [4.78, 5) is 10.7. The van der Waals surface area contributed by atoms with E-state index in [4.69, 9.17) is 14.3 Å². The molecule has 2 rings (SSSR count). The highest BCUT2D eigenvalue weighted by Gasteiger charge is 2.22. The molecule has 7 nitrogen and oxygen atoms in total. The molecular weight excluding hydrogens is 366 g/mol. The van der Waals surface area contributed by atoms with Crippen LogP contribution in [0.4, 0.5) is 5.69 Å². The van der Waals surface area contributed by atoms with Gasteiger partial charge in [0.25, 0.3) is 10.0 Å². The van der Waals surface area contributed by atoms with Crippen LogP contribution < -0.4 is 9.46 Å². The van der Waals surface area contributed by atoms with Crippen LogP contribution in [0.5, 0.6) is 5.75 Å². The minimum atomic E-state index is -4.06. The molecule has 0 aliphatic carbocycles. The van der Waals surface area contributed by atoms with Crippen molar-refractivity contribution >= 4 is 37.6 Å². The quantitative estimate of drug-likeness (QED) is 0.831. The first-order chi connectivity index (χ1) is 9.83. The average molecular weight is 376 g/mol. The molecule has 112 valence electrons. The molecule has 1 aromatic heterocycles. The minimum Gasteiger partial charge on any atom is -0.495 e. The Bertz CT molecular complexity index is 783. The molecule has 1 heterocycles. The van der Waals surface area contributed by atoms with Gasteiger partial charge in [-0.3, -0.25) is 4.72 Å². The van der Waals surface area contributed by atoms with Gasteiger partial charge in [0.15, 0.2) is 0 Å². The van der Waals surface area contributed by atoms with Crippen LogP contribution in [0, 0.1) is 0 Å². The third kappa shape index (κ3) is 3.37. The van der Waals surface area contributed by atoms with Crippen LogP contribution in [0.2, 0.25) is 0 Å². The highest BCUT2D eigenvalue weighted by molar-refractivity contribution is 9.10. The number of nitrogens with one attached hydrogen (secondary N) is 1. The summed E-state index contributed by atoms with van der Waals surface area (Å²) in [5.74, 6) is -1.50. The van der Waals surface area contributed by atoms with Crippen LogP contribution in [0.3, 0.4) is 0 Å². The van der Waals surface area contributed by atoms with Crippen molar-refractivity contribution in [3.05, 3.63) is 40.6 Å². The summed E-state index contributed by atoms with van der Waals surface area (Å²) in [7, 11) is -2.66. The number of benzene rings is 1. The summed E-state index contributed by atoms with van der Waals surface area (Å²) in [5, 5.41) is 8.24. The van der Waals surface area contributed by atoms with Crippen molar-refractivity contribution in [2.45, 2.75) is 5.09 Å². The SMILES string of the molecule is COc1ccc(Br)cc1NS(=O)(=O)c1ccc(C(=O)O)o1. The van der Waals surface area contributed by atoms with Crippen molar-refractivity contribution in [2.75, 3.05) is 11.8 Å². The highest BCUT2D eigenvalue weighted by Crippen LogP contribution is 2.30. The second-order valence-electron chi connectivity index (χ2n) is 3.87. The van der Waals surface area contributed by atoms with Crippen molar-refractivity contribution < 1.29 is 27.5 Å². The van der Waals surface area contributed by atoms with Gasteiger partial charge in [0.1, 0.15) is 5.75 Å². The molecule has 0 radical (unpaired) electrons. The summed E-state index contributed by atoms with van der Waals surface area (Å²) in [5.41, 5.74) is 0.195. The molecule has 0 atom stereocenters. The molecule has 0 bridgehead atoms. The van der Waals surface area contributed by atoms with Crippen molar-refractivity contribution in [3.8, 4) is 5.75 Å². The molecule has 21 heavy (non-hydrogen) atoms.